The van der Waals surface area contributed by atoms with E-state index in [4.69, 9.17) is 0 Å². The molecule has 0 aromatic heterocycles. The van der Waals surface area contributed by atoms with E-state index >= 15 is 0 Å². The lowest BCUT2D eigenvalue weighted by Gasteiger charge is -2.26. The molecule has 0 amide bonds. The molecule has 0 saturated heterocycles. The molecule has 286 valence electrons. The molecule has 0 saturated carbocycles. The minimum absolute atomic E-state index is 0.0427. The molecule has 0 atom stereocenters. The van der Waals surface area contributed by atoms with Gasteiger partial charge in [-0.15, -0.1) is 0 Å². The van der Waals surface area contributed by atoms with Gasteiger partial charge < -0.3 is 0 Å². The van der Waals surface area contributed by atoms with E-state index in [9.17, 15) is 0 Å². The van der Waals surface area contributed by atoms with Crippen LogP contribution in [0.4, 0.5) is 0 Å². The van der Waals surface area contributed by atoms with Crippen LogP contribution >= 0.6 is 0 Å². The molecule has 0 heterocycles. The lowest BCUT2D eigenvalue weighted by Crippen LogP contribution is -2.16. The number of fused-ring (bicyclic) bond motifs is 10. The second-order valence-electron chi connectivity index (χ2n) is 19.2. The van der Waals surface area contributed by atoms with Crippen LogP contribution in [0, 0.1) is 0 Å². The van der Waals surface area contributed by atoms with E-state index in [1.807, 2.05) is 0 Å². The summed E-state index contributed by atoms with van der Waals surface area (Å²) >= 11 is 0. The van der Waals surface area contributed by atoms with Crippen LogP contribution in [0.5, 0.6) is 0 Å². The summed E-state index contributed by atoms with van der Waals surface area (Å²) in [5, 5.41) is 21.2. The summed E-state index contributed by atoms with van der Waals surface area (Å²) in [7, 11) is 0. The summed E-state index contributed by atoms with van der Waals surface area (Å²) in [4.78, 5) is 0. The molecule has 0 aliphatic heterocycles. The van der Waals surface area contributed by atoms with Gasteiger partial charge in [0.1, 0.15) is 0 Å². The van der Waals surface area contributed by atoms with Crippen LogP contribution in [-0.4, -0.2) is 0 Å². The summed E-state index contributed by atoms with van der Waals surface area (Å²) in [6.45, 7) is 14.0. The molecule has 12 rings (SSSR count). The van der Waals surface area contributed by atoms with Crippen molar-refractivity contribution < 1.29 is 0 Å². The molecule has 0 radical (unpaired) electrons. The van der Waals surface area contributed by atoms with Crippen molar-refractivity contribution in [1.82, 2.24) is 0 Å². The summed E-state index contributed by atoms with van der Waals surface area (Å²) in [6, 6.07) is 64.8. The van der Waals surface area contributed by atoms with E-state index in [-0.39, 0.29) is 10.8 Å². The summed E-state index contributed by atoms with van der Waals surface area (Å²) < 4.78 is 0. The molecule has 0 nitrogen and oxygen atoms in total. The third kappa shape index (κ3) is 4.97. The highest BCUT2D eigenvalue weighted by atomic mass is 14.3. The zero-order chi connectivity index (χ0) is 40.7. The van der Waals surface area contributed by atoms with Crippen LogP contribution in [0.2, 0.25) is 0 Å². The van der Waals surface area contributed by atoms with E-state index in [0.717, 1.165) is 0 Å². The first-order valence-electron chi connectivity index (χ1n) is 21.5. The van der Waals surface area contributed by atoms with E-state index < -0.39 is 0 Å². The van der Waals surface area contributed by atoms with Crippen molar-refractivity contribution >= 4 is 86.2 Å². The third-order valence-corrected chi connectivity index (χ3v) is 13.6. The topological polar surface area (TPSA) is 0 Å². The molecule has 0 aliphatic carbocycles. The maximum atomic E-state index is 2.55. The van der Waals surface area contributed by atoms with Gasteiger partial charge in [0.25, 0.3) is 0 Å². The zero-order valence-corrected chi connectivity index (χ0v) is 35.2. The molecule has 12 aromatic rings. The summed E-state index contributed by atoms with van der Waals surface area (Å²) in [5.41, 5.74) is 10.5. The summed E-state index contributed by atoms with van der Waals surface area (Å²) in [6.07, 6.45) is 0. The highest BCUT2D eigenvalue weighted by Gasteiger charge is 2.27. The van der Waals surface area contributed by atoms with Gasteiger partial charge >= 0.3 is 0 Å². The molecule has 0 N–H and O–H groups in total. The maximum absolute atomic E-state index is 2.55. The second kappa shape index (κ2) is 12.4. The van der Waals surface area contributed by atoms with E-state index in [2.05, 4.69) is 211 Å². The first-order valence-corrected chi connectivity index (χ1v) is 21.5. The van der Waals surface area contributed by atoms with Gasteiger partial charge in [0.2, 0.25) is 0 Å². The van der Waals surface area contributed by atoms with Gasteiger partial charge in [-0.05, 0) is 160 Å². The summed E-state index contributed by atoms with van der Waals surface area (Å²) in [5.74, 6) is 0. The number of benzene rings is 10. The molecule has 0 aliphatic rings. The lowest BCUT2D eigenvalue weighted by atomic mass is 9.79. The highest BCUT2D eigenvalue weighted by Crippen LogP contribution is 2.55. The van der Waals surface area contributed by atoms with Gasteiger partial charge in [0.15, 0.2) is 0 Å². The first-order chi connectivity index (χ1) is 29.0. The lowest BCUT2D eigenvalue weighted by molar-refractivity contribution is 0.569. The van der Waals surface area contributed by atoms with Crippen molar-refractivity contribution in [1.29, 1.82) is 0 Å². The third-order valence-electron chi connectivity index (χ3n) is 13.6. The molecule has 0 unspecified atom stereocenters. The van der Waals surface area contributed by atoms with Crippen molar-refractivity contribution in [3.63, 3.8) is 0 Å². The molecular formula is C60H46. The number of hydrogen-bond donors (Lipinski definition) is 0. The Morgan fingerprint density at radius 1 is 0.250 bits per heavy atom. The Hall–Kier alpha value is -6.76. The van der Waals surface area contributed by atoms with Crippen LogP contribution in [0.3, 0.4) is 0 Å². The molecule has 60 heavy (non-hydrogen) atoms. The van der Waals surface area contributed by atoms with Gasteiger partial charge in [0.05, 0.1) is 0 Å². The number of hydrogen-bond acceptors (Lipinski definition) is 0. The van der Waals surface area contributed by atoms with Crippen LogP contribution in [-0.2, 0) is 10.8 Å². The van der Waals surface area contributed by atoms with Crippen molar-refractivity contribution in [3.8, 4) is 33.4 Å². The SMILES string of the molecule is CC(C)(C)c1cc(-c2ccc3c(c2)c2cccc4c5c(-c6ccccc6)c6c7cc8ccccc8c8cccc(c6c(-c6ccccc6)c5cc3c24)c87)cc(C(C)(C)C)c1. The van der Waals surface area contributed by atoms with Crippen molar-refractivity contribution in [2.24, 2.45) is 0 Å². The fraction of sp³-hybridized carbons (Fsp3) is 0.133. The van der Waals surface area contributed by atoms with Crippen LogP contribution in [0.25, 0.3) is 120 Å². The van der Waals surface area contributed by atoms with Gasteiger partial charge in [-0.2, -0.15) is 0 Å². The quantitative estimate of drug-likeness (QED) is 0.157. The molecule has 0 heteroatoms. The van der Waals surface area contributed by atoms with Gasteiger partial charge in [-0.25, -0.2) is 0 Å². The molecule has 0 bridgehead atoms. The Morgan fingerprint density at radius 3 is 1.45 bits per heavy atom. The largest absolute Gasteiger partial charge is 0.0622 e. The van der Waals surface area contributed by atoms with Crippen molar-refractivity contribution in [2.45, 2.75) is 52.4 Å². The number of rotatable bonds is 3. The predicted molar refractivity (Wildman–Crippen MR) is 263 cm³/mol. The minimum Gasteiger partial charge on any atom is -0.0622 e. The smallest absolute Gasteiger partial charge is 0.000697 e. The zero-order valence-electron chi connectivity index (χ0n) is 35.2. The minimum atomic E-state index is 0.0427. The van der Waals surface area contributed by atoms with E-state index in [1.54, 1.807) is 0 Å². The predicted octanol–water partition coefficient (Wildman–Crippen LogP) is 17.4. The van der Waals surface area contributed by atoms with Gasteiger partial charge in [-0.1, -0.05) is 193 Å². The normalized spacial score (nSPS) is 12.8. The standard InChI is InChI=1S/C60H46/c1-59(2,3)40-29-39(30-41(33-40)60(4,5)6)37-27-28-43-48(31-37)45-24-16-25-46-54(45)49(43)34-51-52(35-17-9-7-10-18-35)57-47-26-15-23-44-42-22-14-13-21-38(42)32-50(55(44)47)58(57)53(56(46)51)36-19-11-8-12-20-36/h7-34H,1-6H3. The Balaban J connectivity index is 1.28. The van der Waals surface area contributed by atoms with E-state index in [1.165, 1.54) is 131 Å². The average Bonchev–Trinajstić information content (AvgIpc) is 3.76. The fourth-order valence-electron chi connectivity index (χ4n) is 10.6. The van der Waals surface area contributed by atoms with E-state index in [0.29, 0.717) is 0 Å². The molecule has 0 spiro atoms. The fourth-order valence-corrected chi connectivity index (χ4v) is 10.6. The Labute approximate surface area is 351 Å². The molecular weight excluding hydrogens is 721 g/mol. The molecule has 12 aromatic carbocycles. The average molecular weight is 767 g/mol. The first kappa shape index (κ1) is 35.2. The Bertz CT molecular complexity index is 3650. The molecule has 0 fully saturated rings. The highest BCUT2D eigenvalue weighted by molar-refractivity contribution is 6.46. The van der Waals surface area contributed by atoms with Crippen LogP contribution in [0.15, 0.2) is 170 Å². The van der Waals surface area contributed by atoms with Crippen molar-refractivity contribution in [3.05, 3.63) is 181 Å². The van der Waals surface area contributed by atoms with Gasteiger partial charge in [-0.3, -0.25) is 0 Å². The van der Waals surface area contributed by atoms with Crippen molar-refractivity contribution in [2.75, 3.05) is 0 Å². The van der Waals surface area contributed by atoms with Gasteiger partial charge in [0, 0.05) is 0 Å². The van der Waals surface area contributed by atoms with Crippen LogP contribution in [0.1, 0.15) is 52.7 Å². The monoisotopic (exact) mass is 766 g/mol. The maximum Gasteiger partial charge on any atom is -0.000697 e. The Kier molecular flexibility index (Phi) is 7.27. The van der Waals surface area contributed by atoms with Crippen LogP contribution < -0.4 is 0 Å². The Morgan fingerprint density at radius 2 is 0.783 bits per heavy atom. The second-order valence-corrected chi connectivity index (χ2v) is 19.2.